The van der Waals surface area contributed by atoms with Gasteiger partial charge in [-0.05, 0) is 42.0 Å². The summed E-state index contributed by atoms with van der Waals surface area (Å²) in [6.45, 7) is 0. The molecule has 0 unspecified atom stereocenters. The van der Waals surface area contributed by atoms with Crippen LogP contribution in [0, 0.1) is 0 Å². The first-order valence-corrected chi connectivity index (χ1v) is 9.81. The monoisotopic (exact) mass is 409 g/mol. The number of benzene rings is 3. The molecule has 0 radical (unpaired) electrons. The Morgan fingerprint density at radius 2 is 1.70 bits per heavy atom. The van der Waals surface area contributed by atoms with Crippen molar-refractivity contribution < 1.29 is 0 Å². The highest BCUT2D eigenvalue weighted by atomic mass is 35.5. The number of aromatic nitrogens is 3. The van der Waals surface area contributed by atoms with Gasteiger partial charge in [0, 0.05) is 27.6 Å². The summed E-state index contributed by atoms with van der Waals surface area (Å²) in [6.07, 6.45) is 3.53. The molecule has 5 aromatic rings. The Morgan fingerprint density at radius 1 is 0.833 bits per heavy atom. The van der Waals surface area contributed by atoms with E-state index in [1.165, 1.54) is 0 Å². The Labute approximate surface area is 178 Å². The maximum Gasteiger partial charge on any atom is 0.244 e. The van der Waals surface area contributed by atoms with Crippen LogP contribution in [0.3, 0.4) is 0 Å². The number of pyridine rings is 1. The second kappa shape index (κ2) is 7.89. The van der Waals surface area contributed by atoms with Crippen molar-refractivity contribution >= 4 is 45.6 Å². The van der Waals surface area contributed by atoms with Crippen molar-refractivity contribution in [1.29, 1.82) is 0 Å². The van der Waals surface area contributed by atoms with Gasteiger partial charge in [0.25, 0.3) is 0 Å². The van der Waals surface area contributed by atoms with Gasteiger partial charge in [0.05, 0.1) is 22.9 Å². The lowest BCUT2D eigenvalue weighted by atomic mass is 10.1. The molecule has 2 aromatic heterocycles. The first-order valence-electron chi connectivity index (χ1n) is 9.43. The average Bonchev–Trinajstić information content (AvgIpc) is 2.79. The predicted octanol–water partition coefficient (Wildman–Crippen LogP) is 5.94. The van der Waals surface area contributed by atoms with Crippen molar-refractivity contribution in [3.8, 4) is 11.3 Å². The van der Waals surface area contributed by atoms with E-state index in [1.807, 2.05) is 78.9 Å². The van der Waals surface area contributed by atoms with E-state index in [0.29, 0.717) is 11.0 Å². The number of nitrogens with zero attached hydrogens (tertiary/aromatic N) is 4. The van der Waals surface area contributed by atoms with Crippen LogP contribution in [-0.2, 0) is 0 Å². The number of nitrogens with one attached hydrogen (secondary N) is 1. The smallest absolute Gasteiger partial charge is 0.244 e. The molecule has 0 aliphatic rings. The van der Waals surface area contributed by atoms with E-state index < -0.39 is 0 Å². The van der Waals surface area contributed by atoms with E-state index in [-0.39, 0.29) is 0 Å². The van der Waals surface area contributed by atoms with Crippen molar-refractivity contribution in [1.82, 2.24) is 15.0 Å². The molecule has 0 bridgehead atoms. The van der Waals surface area contributed by atoms with Crippen molar-refractivity contribution in [3.05, 3.63) is 95.6 Å². The van der Waals surface area contributed by atoms with E-state index >= 15 is 0 Å². The number of hydrogen-bond acceptors (Lipinski definition) is 5. The molecule has 1 N–H and O–H groups in total. The third-order valence-electron chi connectivity index (χ3n) is 4.73. The van der Waals surface area contributed by atoms with E-state index in [0.717, 1.165) is 38.6 Å². The van der Waals surface area contributed by atoms with E-state index in [2.05, 4.69) is 20.5 Å². The van der Waals surface area contributed by atoms with Gasteiger partial charge < -0.3 is 0 Å². The SMILES string of the molecule is Clc1ccc(-c2nc(NN=Cc3ccc4ncccc4c3)nc3ccccc23)cc1. The minimum Gasteiger partial charge on any atom is -0.256 e. The maximum atomic E-state index is 6.04. The third kappa shape index (κ3) is 3.71. The molecule has 0 amide bonds. The van der Waals surface area contributed by atoms with Crippen LogP contribution in [0.15, 0.2) is 90.2 Å². The van der Waals surface area contributed by atoms with Crippen LogP contribution in [0.1, 0.15) is 5.56 Å². The molecular formula is C24H16ClN5. The van der Waals surface area contributed by atoms with Gasteiger partial charge in [-0.1, -0.05) is 54.1 Å². The van der Waals surface area contributed by atoms with Crippen molar-refractivity contribution in [2.24, 2.45) is 5.10 Å². The zero-order valence-corrected chi connectivity index (χ0v) is 16.6. The molecule has 6 heteroatoms. The Kier molecular flexibility index (Phi) is 4.79. The molecule has 0 saturated heterocycles. The topological polar surface area (TPSA) is 63.1 Å². The quantitative estimate of drug-likeness (QED) is 0.294. The minimum atomic E-state index is 0.428. The molecule has 0 spiro atoms. The molecule has 0 aliphatic heterocycles. The number of hydrogen-bond donors (Lipinski definition) is 1. The normalized spacial score (nSPS) is 11.4. The van der Waals surface area contributed by atoms with Crippen LogP contribution in [0.5, 0.6) is 0 Å². The molecule has 0 fully saturated rings. The van der Waals surface area contributed by atoms with Gasteiger partial charge in [0.1, 0.15) is 0 Å². The Hall–Kier alpha value is -3.83. The second-order valence-electron chi connectivity index (χ2n) is 6.75. The largest absolute Gasteiger partial charge is 0.256 e. The number of anilines is 1. The number of rotatable bonds is 4. The average molecular weight is 410 g/mol. The van der Waals surface area contributed by atoms with Crippen LogP contribution in [0.2, 0.25) is 5.02 Å². The maximum absolute atomic E-state index is 6.04. The molecule has 0 saturated carbocycles. The van der Waals surface area contributed by atoms with Crippen LogP contribution < -0.4 is 5.43 Å². The van der Waals surface area contributed by atoms with Gasteiger partial charge in [-0.3, -0.25) is 4.98 Å². The highest BCUT2D eigenvalue weighted by Gasteiger charge is 2.09. The molecule has 0 aliphatic carbocycles. The van der Waals surface area contributed by atoms with E-state index in [1.54, 1.807) is 12.4 Å². The molecule has 0 atom stereocenters. The number of hydrazone groups is 1. The van der Waals surface area contributed by atoms with Gasteiger partial charge in [-0.25, -0.2) is 15.4 Å². The van der Waals surface area contributed by atoms with Crippen LogP contribution in [-0.4, -0.2) is 21.2 Å². The van der Waals surface area contributed by atoms with Gasteiger partial charge in [-0.2, -0.15) is 5.10 Å². The number of para-hydroxylation sites is 1. The molecule has 144 valence electrons. The Balaban J connectivity index is 1.48. The summed E-state index contributed by atoms with van der Waals surface area (Å²) in [4.78, 5) is 13.6. The Morgan fingerprint density at radius 3 is 2.60 bits per heavy atom. The molecule has 5 rings (SSSR count). The lowest BCUT2D eigenvalue weighted by Gasteiger charge is -2.08. The zero-order valence-electron chi connectivity index (χ0n) is 15.8. The third-order valence-corrected chi connectivity index (χ3v) is 4.98. The van der Waals surface area contributed by atoms with Gasteiger partial charge >= 0.3 is 0 Å². The van der Waals surface area contributed by atoms with Gasteiger partial charge in [0.15, 0.2) is 0 Å². The minimum absolute atomic E-state index is 0.428. The molecular weight excluding hydrogens is 394 g/mol. The Bertz CT molecular complexity index is 1380. The summed E-state index contributed by atoms with van der Waals surface area (Å²) < 4.78 is 0. The van der Waals surface area contributed by atoms with Crippen molar-refractivity contribution in [2.75, 3.05) is 5.43 Å². The fourth-order valence-corrected chi connectivity index (χ4v) is 3.42. The summed E-state index contributed by atoms with van der Waals surface area (Å²) in [7, 11) is 0. The lowest BCUT2D eigenvalue weighted by molar-refractivity contribution is 1.16. The second-order valence-corrected chi connectivity index (χ2v) is 7.18. The summed E-state index contributed by atoms with van der Waals surface area (Å²) in [5.41, 5.74) is 7.50. The number of fused-ring (bicyclic) bond motifs is 2. The summed E-state index contributed by atoms with van der Waals surface area (Å²) in [6, 6.07) is 25.4. The number of halogens is 1. The molecule has 3 aromatic carbocycles. The molecule has 5 nitrogen and oxygen atoms in total. The van der Waals surface area contributed by atoms with Crippen LogP contribution in [0.25, 0.3) is 33.1 Å². The van der Waals surface area contributed by atoms with Gasteiger partial charge in [0.2, 0.25) is 5.95 Å². The molecule has 30 heavy (non-hydrogen) atoms. The van der Waals surface area contributed by atoms with E-state index in [9.17, 15) is 0 Å². The lowest BCUT2D eigenvalue weighted by Crippen LogP contribution is -1.99. The zero-order chi connectivity index (χ0) is 20.3. The standard InChI is InChI=1S/C24H16ClN5/c25-19-10-8-17(9-11-19)23-20-5-1-2-6-22(20)28-24(29-23)30-27-15-16-7-12-21-18(14-16)4-3-13-26-21/h1-15H,(H,28,29,30). The fourth-order valence-electron chi connectivity index (χ4n) is 3.29. The van der Waals surface area contributed by atoms with Crippen LogP contribution in [0.4, 0.5) is 5.95 Å². The highest BCUT2D eigenvalue weighted by molar-refractivity contribution is 6.30. The van der Waals surface area contributed by atoms with Crippen molar-refractivity contribution in [2.45, 2.75) is 0 Å². The van der Waals surface area contributed by atoms with Gasteiger partial charge in [-0.15, -0.1) is 0 Å². The molecule has 2 heterocycles. The summed E-state index contributed by atoms with van der Waals surface area (Å²) in [5.74, 6) is 0.428. The highest BCUT2D eigenvalue weighted by Crippen LogP contribution is 2.28. The first-order chi connectivity index (χ1) is 14.8. The summed E-state index contributed by atoms with van der Waals surface area (Å²) >= 11 is 6.04. The summed E-state index contributed by atoms with van der Waals surface area (Å²) in [5, 5.41) is 7.05. The first kappa shape index (κ1) is 18.2. The van der Waals surface area contributed by atoms with E-state index in [4.69, 9.17) is 16.6 Å². The predicted molar refractivity (Wildman–Crippen MR) is 123 cm³/mol. The fraction of sp³-hybridized carbons (Fsp3) is 0. The van der Waals surface area contributed by atoms with Crippen LogP contribution >= 0.6 is 11.6 Å². The van der Waals surface area contributed by atoms with Crippen molar-refractivity contribution in [3.63, 3.8) is 0 Å².